The highest BCUT2D eigenvalue weighted by atomic mass is 19.2. The Balaban J connectivity index is 1.56. The molecule has 0 bridgehead atoms. The zero-order valence-corrected chi connectivity index (χ0v) is 12.8. The molecule has 1 saturated carbocycles. The number of carbonyl (C=O) groups excluding carboxylic acids is 1. The number of nitrogens with one attached hydrogen (secondary N) is 1. The molecule has 120 valence electrons. The largest absolute Gasteiger partial charge is 0.323 e. The lowest BCUT2D eigenvalue weighted by atomic mass is 9.95. The Kier molecular flexibility index (Phi) is 4.70. The van der Waals surface area contributed by atoms with Gasteiger partial charge in [-0.2, -0.15) is 0 Å². The summed E-state index contributed by atoms with van der Waals surface area (Å²) in [6.07, 6.45) is 3.36. The molecule has 1 N–H and O–H groups in total. The number of rotatable bonds is 4. The highest BCUT2D eigenvalue weighted by Gasteiger charge is 2.27. The fourth-order valence-corrected chi connectivity index (χ4v) is 3.35. The van der Waals surface area contributed by atoms with Crippen molar-refractivity contribution in [2.24, 2.45) is 5.92 Å². The molecule has 0 spiro atoms. The maximum Gasteiger partial charge on any atom is 0.224 e. The summed E-state index contributed by atoms with van der Waals surface area (Å²) in [7, 11) is 0. The zero-order chi connectivity index (χ0) is 16.2. The van der Waals surface area contributed by atoms with E-state index >= 15 is 0 Å². The van der Waals surface area contributed by atoms with Gasteiger partial charge in [-0.15, -0.1) is 0 Å². The van der Waals surface area contributed by atoms with E-state index in [0.717, 1.165) is 25.3 Å². The summed E-state index contributed by atoms with van der Waals surface area (Å²) in [5.74, 6) is -1.44. The first-order valence-corrected chi connectivity index (χ1v) is 7.92. The normalized spacial score (nSPS) is 20.4. The summed E-state index contributed by atoms with van der Waals surface area (Å²) in [4.78, 5) is 12.1. The number of carbonyl (C=O) groups is 1. The van der Waals surface area contributed by atoms with E-state index in [-0.39, 0.29) is 17.5 Å². The van der Waals surface area contributed by atoms with Crippen molar-refractivity contribution in [3.8, 4) is 0 Å². The van der Waals surface area contributed by atoms with E-state index in [1.54, 1.807) is 0 Å². The van der Waals surface area contributed by atoms with Gasteiger partial charge >= 0.3 is 0 Å². The fraction of sp³-hybridized carbons (Fsp3) is 0.316. The van der Waals surface area contributed by atoms with Gasteiger partial charge in [-0.3, -0.25) is 4.79 Å². The quantitative estimate of drug-likeness (QED) is 0.856. The van der Waals surface area contributed by atoms with Gasteiger partial charge in [0.15, 0.2) is 11.6 Å². The Bertz CT molecular complexity index is 687. The summed E-state index contributed by atoms with van der Waals surface area (Å²) >= 11 is 0. The van der Waals surface area contributed by atoms with Crippen molar-refractivity contribution in [2.45, 2.75) is 31.6 Å². The van der Waals surface area contributed by atoms with Crippen LogP contribution in [0, 0.1) is 17.6 Å². The van der Waals surface area contributed by atoms with Crippen molar-refractivity contribution in [1.29, 1.82) is 0 Å². The molecule has 4 heteroatoms. The molecule has 0 saturated heterocycles. The van der Waals surface area contributed by atoms with E-state index in [1.165, 1.54) is 17.7 Å². The monoisotopic (exact) mass is 315 g/mol. The fourth-order valence-electron chi connectivity index (χ4n) is 3.35. The van der Waals surface area contributed by atoms with Crippen LogP contribution in [0.4, 0.5) is 14.5 Å². The molecule has 0 radical (unpaired) electrons. The average molecular weight is 315 g/mol. The molecule has 3 rings (SSSR count). The van der Waals surface area contributed by atoms with Gasteiger partial charge < -0.3 is 5.32 Å². The number of hydrogen-bond acceptors (Lipinski definition) is 1. The van der Waals surface area contributed by atoms with Gasteiger partial charge in [-0.25, -0.2) is 8.78 Å². The van der Waals surface area contributed by atoms with E-state index in [9.17, 15) is 13.6 Å². The Morgan fingerprint density at radius 3 is 2.61 bits per heavy atom. The van der Waals surface area contributed by atoms with Gasteiger partial charge in [0.2, 0.25) is 5.91 Å². The second kappa shape index (κ2) is 6.90. The second-order valence-corrected chi connectivity index (χ2v) is 6.14. The summed E-state index contributed by atoms with van der Waals surface area (Å²) < 4.78 is 26.7. The van der Waals surface area contributed by atoms with Crippen LogP contribution in [-0.2, 0) is 4.79 Å². The minimum Gasteiger partial charge on any atom is -0.323 e. The van der Waals surface area contributed by atoms with Crippen LogP contribution >= 0.6 is 0 Å². The summed E-state index contributed by atoms with van der Waals surface area (Å²) in [5, 5.41) is 2.48. The lowest BCUT2D eigenvalue weighted by Crippen LogP contribution is -2.16. The third kappa shape index (κ3) is 3.76. The van der Waals surface area contributed by atoms with E-state index < -0.39 is 11.6 Å². The Morgan fingerprint density at radius 2 is 1.83 bits per heavy atom. The van der Waals surface area contributed by atoms with E-state index in [0.29, 0.717) is 12.3 Å². The maximum atomic E-state index is 13.6. The van der Waals surface area contributed by atoms with E-state index in [1.807, 2.05) is 18.2 Å². The van der Waals surface area contributed by atoms with Crippen LogP contribution in [0.1, 0.15) is 37.2 Å². The van der Waals surface area contributed by atoms with Crippen molar-refractivity contribution >= 4 is 11.6 Å². The molecule has 1 aliphatic rings. The molecule has 2 aromatic rings. The SMILES string of the molecule is O=C(CC1CC[C@@H](c2ccccc2)C1)Nc1cccc(F)c1F. The van der Waals surface area contributed by atoms with Crippen molar-refractivity contribution in [3.63, 3.8) is 0 Å². The lowest BCUT2D eigenvalue weighted by molar-refractivity contribution is -0.117. The van der Waals surface area contributed by atoms with Crippen molar-refractivity contribution < 1.29 is 13.6 Å². The molecule has 2 atom stereocenters. The summed E-state index contributed by atoms with van der Waals surface area (Å²) in [6.45, 7) is 0. The average Bonchev–Trinajstić information content (AvgIpc) is 3.01. The molecule has 2 aromatic carbocycles. The molecule has 0 aromatic heterocycles. The summed E-state index contributed by atoms with van der Waals surface area (Å²) in [5.41, 5.74) is 1.22. The topological polar surface area (TPSA) is 29.1 Å². The molecule has 1 aliphatic carbocycles. The highest BCUT2D eigenvalue weighted by Crippen LogP contribution is 2.39. The number of anilines is 1. The van der Waals surface area contributed by atoms with Crippen LogP contribution in [0.3, 0.4) is 0 Å². The van der Waals surface area contributed by atoms with Gasteiger partial charge in [0.1, 0.15) is 0 Å². The van der Waals surface area contributed by atoms with Crippen LogP contribution in [0.25, 0.3) is 0 Å². The van der Waals surface area contributed by atoms with Crippen LogP contribution in [0.15, 0.2) is 48.5 Å². The standard InChI is InChI=1S/C19H19F2NO/c20-16-7-4-8-17(19(16)21)22-18(23)12-13-9-10-15(11-13)14-5-2-1-3-6-14/h1-8,13,15H,9-12H2,(H,22,23)/t13?,15-/m1/s1. The van der Waals surface area contributed by atoms with Crippen LogP contribution in [0.5, 0.6) is 0 Å². The van der Waals surface area contributed by atoms with Gasteiger partial charge in [0.25, 0.3) is 0 Å². The van der Waals surface area contributed by atoms with E-state index in [4.69, 9.17) is 0 Å². The van der Waals surface area contributed by atoms with Gasteiger partial charge in [-0.1, -0.05) is 36.4 Å². The third-order valence-corrected chi connectivity index (χ3v) is 4.51. The minimum absolute atomic E-state index is 0.0902. The van der Waals surface area contributed by atoms with E-state index in [2.05, 4.69) is 17.4 Å². The number of amides is 1. The first kappa shape index (κ1) is 15.7. The molecule has 2 nitrogen and oxygen atoms in total. The Hall–Kier alpha value is -2.23. The predicted octanol–water partition coefficient (Wildman–Crippen LogP) is 4.88. The van der Waals surface area contributed by atoms with Crippen molar-refractivity contribution in [1.82, 2.24) is 0 Å². The van der Waals surface area contributed by atoms with Gasteiger partial charge in [0.05, 0.1) is 5.69 Å². The molecule has 0 heterocycles. The smallest absolute Gasteiger partial charge is 0.224 e. The molecule has 0 aliphatic heterocycles. The predicted molar refractivity (Wildman–Crippen MR) is 86.1 cm³/mol. The second-order valence-electron chi connectivity index (χ2n) is 6.14. The Labute approximate surface area is 134 Å². The van der Waals surface area contributed by atoms with Gasteiger partial charge in [0, 0.05) is 6.42 Å². The Morgan fingerprint density at radius 1 is 1.04 bits per heavy atom. The molecule has 1 amide bonds. The maximum absolute atomic E-state index is 13.6. The number of halogens is 2. The number of benzene rings is 2. The lowest BCUT2D eigenvalue weighted by Gasteiger charge is -2.12. The van der Waals surface area contributed by atoms with Crippen LogP contribution < -0.4 is 5.32 Å². The molecular weight excluding hydrogens is 296 g/mol. The number of hydrogen-bond donors (Lipinski definition) is 1. The molecule has 1 unspecified atom stereocenters. The van der Waals surface area contributed by atoms with Crippen LogP contribution in [0.2, 0.25) is 0 Å². The van der Waals surface area contributed by atoms with Crippen molar-refractivity contribution in [2.75, 3.05) is 5.32 Å². The minimum atomic E-state index is -1.01. The summed E-state index contributed by atoms with van der Waals surface area (Å²) in [6, 6.07) is 14.1. The molecule has 23 heavy (non-hydrogen) atoms. The first-order valence-electron chi connectivity index (χ1n) is 7.92. The molecule has 1 fully saturated rings. The molecular formula is C19H19F2NO. The highest BCUT2D eigenvalue weighted by molar-refractivity contribution is 5.91. The van der Waals surface area contributed by atoms with Gasteiger partial charge in [-0.05, 0) is 48.8 Å². The first-order chi connectivity index (χ1) is 11.1. The van der Waals surface area contributed by atoms with Crippen molar-refractivity contribution in [3.05, 3.63) is 65.7 Å². The zero-order valence-electron chi connectivity index (χ0n) is 12.8. The third-order valence-electron chi connectivity index (χ3n) is 4.51. The van der Waals surface area contributed by atoms with Crippen LogP contribution in [-0.4, -0.2) is 5.91 Å².